The number of aliphatic hydroxyl groups excluding tert-OH is 1. The highest BCUT2D eigenvalue weighted by molar-refractivity contribution is 5.43. The van der Waals surface area contributed by atoms with Crippen LogP contribution in [0.15, 0.2) is 42.5 Å². The Bertz CT molecular complexity index is 592. The van der Waals surface area contributed by atoms with Crippen LogP contribution in [0.3, 0.4) is 0 Å². The van der Waals surface area contributed by atoms with Crippen LogP contribution in [0.25, 0.3) is 0 Å². The Labute approximate surface area is 110 Å². The first-order valence-electron chi connectivity index (χ1n) is 6.09. The largest absolute Gasteiger partial charge is 0.508 e. The Morgan fingerprint density at radius 1 is 0.947 bits per heavy atom. The molecule has 0 aliphatic carbocycles. The zero-order chi connectivity index (χ0) is 13.4. The zero-order valence-corrected chi connectivity index (χ0v) is 10.2. The van der Waals surface area contributed by atoms with Gasteiger partial charge in [-0.2, -0.15) is 0 Å². The molecule has 0 saturated heterocycles. The van der Waals surface area contributed by atoms with Crippen LogP contribution in [-0.2, 0) is 6.42 Å². The number of benzene rings is 2. The van der Waals surface area contributed by atoms with Crippen molar-refractivity contribution in [2.24, 2.45) is 0 Å². The third kappa shape index (κ3) is 2.22. The van der Waals surface area contributed by atoms with Gasteiger partial charge in [0, 0.05) is 12.5 Å². The average Bonchev–Trinajstić information content (AvgIpc) is 2.40. The first kappa shape index (κ1) is 11.9. The van der Waals surface area contributed by atoms with Crippen LogP contribution in [0.4, 0.5) is 0 Å². The SMILES string of the molecule is Oc1ccc([C@H]2Oc3cc(O)ccc3C[C@@H]2O)cc1. The fourth-order valence-electron chi connectivity index (χ4n) is 2.32. The van der Waals surface area contributed by atoms with E-state index in [1.807, 2.05) is 0 Å². The van der Waals surface area contributed by atoms with Gasteiger partial charge in [-0.1, -0.05) is 18.2 Å². The molecule has 3 N–H and O–H groups in total. The van der Waals surface area contributed by atoms with Crippen molar-refractivity contribution < 1.29 is 20.1 Å². The van der Waals surface area contributed by atoms with E-state index < -0.39 is 12.2 Å². The van der Waals surface area contributed by atoms with Gasteiger partial charge in [-0.25, -0.2) is 0 Å². The highest BCUT2D eigenvalue weighted by Gasteiger charge is 2.29. The molecule has 1 heterocycles. The highest BCUT2D eigenvalue weighted by atomic mass is 16.5. The van der Waals surface area contributed by atoms with Crippen molar-refractivity contribution in [3.63, 3.8) is 0 Å². The standard InChI is InChI=1S/C15H14O4/c16-11-4-1-9(2-5-11)15-13(18)7-10-3-6-12(17)8-14(10)19-15/h1-6,8,13,15-18H,7H2/t13-,15+/m0/s1. The quantitative estimate of drug-likeness (QED) is 0.733. The van der Waals surface area contributed by atoms with Crippen LogP contribution in [-0.4, -0.2) is 21.4 Å². The molecule has 0 spiro atoms. The molecule has 0 fully saturated rings. The Morgan fingerprint density at radius 2 is 1.63 bits per heavy atom. The summed E-state index contributed by atoms with van der Waals surface area (Å²) in [5.74, 6) is 0.898. The molecule has 0 bridgehead atoms. The minimum Gasteiger partial charge on any atom is -0.508 e. The second kappa shape index (κ2) is 4.48. The van der Waals surface area contributed by atoms with Gasteiger partial charge in [0.15, 0.2) is 0 Å². The monoisotopic (exact) mass is 258 g/mol. The maximum Gasteiger partial charge on any atom is 0.150 e. The number of hydrogen-bond donors (Lipinski definition) is 3. The lowest BCUT2D eigenvalue weighted by atomic mass is 9.94. The summed E-state index contributed by atoms with van der Waals surface area (Å²) in [6.45, 7) is 0. The molecule has 0 radical (unpaired) electrons. The van der Waals surface area contributed by atoms with E-state index in [0.717, 1.165) is 11.1 Å². The van der Waals surface area contributed by atoms with Gasteiger partial charge >= 0.3 is 0 Å². The van der Waals surface area contributed by atoms with Crippen molar-refractivity contribution in [2.75, 3.05) is 0 Å². The molecule has 2 aromatic rings. The minimum absolute atomic E-state index is 0.139. The van der Waals surface area contributed by atoms with Gasteiger partial charge in [-0.15, -0.1) is 0 Å². The summed E-state index contributed by atoms with van der Waals surface area (Å²) in [7, 11) is 0. The number of aliphatic hydroxyl groups is 1. The van der Waals surface area contributed by atoms with E-state index >= 15 is 0 Å². The van der Waals surface area contributed by atoms with Crippen molar-refractivity contribution in [3.8, 4) is 17.2 Å². The van der Waals surface area contributed by atoms with Gasteiger partial charge in [0.2, 0.25) is 0 Å². The number of phenols is 2. The van der Waals surface area contributed by atoms with Crippen molar-refractivity contribution in [1.82, 2.24) is 0 Å². The molecule has 2 atom stereocenters. The summed E-state index contributed by atoms with van der Waals surface area (Å²) in [5, 5.41) is 28.9. The molecular formula is C15H14O4. The predicted octanol–water partition coefficient (Wildman–Crippen LogP) is 2.13. The third-order valence-corrected chi connectivity index (χ3v) is 3.30. The fraction of sp³-hybridized carbons (Fsp3) is 0.200. The topological polar surface area (TPSA) is 69.9 Å². The molecule has 2 aromatic carbocycles. The van der Waals surface area contributed by atoms with Gasteiger partial charge in [-0.3, -0.25) is 0 Å². The van der Waals surface area contributed by atoms with Gasteiger partial charge in [0.1, 0.15) is 23.4 Å². The zero-order valence-electron chi connectivity index (χ0n) is 10.2. The van der Waals surface area contributed by atoms with E-state index in [1.54, 1.807) is 42.5 Å². The Kier molecular flexibility index (Phi) is 2.80. The molecule has 3 rings (SSSR count). The van der Waals surface area contributed by atoms with Crippen molar-refractivity contribution >= 4 is 0 Å². The molecule has 19 heavy (non-hydrogen) atoms. The van der Waals surface area contributed by atoms with Crippen LogP contribution in [0.1, 0.15) is 17.2 Å². The van der Waals surface area contributed by atoms with Gasteiger partial charge in [-0.05, 0) is 29.3 Å². The summed E-state index contributed by atoms with van der Waals surface area (Å²) in [5.41, 5.74) is 1.67. The number of hydrogen-bond acceptors (Lipinski definition) is 4. The van der Waals surface area contributed by atoms with Gasteiger partial charge < -0.3 is 20.1 Å². The lowest BCUT2D eigenvalue weighted by Crippen LogP contribution is -2.30. The Morgan fingerprint density at radius 3 is 2.37 bits per heavy atom. The smallest absolute Gasteiger partial charge is 0.150 e. The maximum absolute atomic E-state index is 10.2. The number of rotatable bonds is 1. The number of aromatic hydroxyl groups is 2. The normalized spacial score (nSPS) is 21.5. The number of phenolic OH excluding ortho intramolecular Hbond substituents is 2. The molecular weight excluding hydrogens is 244 g/mol. The summed E-state index contributed by atoms with van der Waals surface area (Å²) in [4.78, 5) is 0. The number of ether oxygens (including phenoxy) is 1. The minimum atomic E-state index is -0.651. The maximum atomic E-state index is 10.2. The third-order valence-electron chi connectivity index (χ3n) is 3.30. The van der Waals surface area contributed by atoms with Crippen molar-refractivity contribution in [3.05, 3.63) is 53.6 Å². The first-order chi connectivity index (χ1) is 9.13. The molecule has 0 amide bonds. The summed E-state index contributed by atoms with van der Waals surface area (Å²) in [6.07, 6.45) is -0.669. The van der Waals surface area contributed by atoms with Crippen LogP contribution >= 0.6 is 0 Å². The van der Waals surface area contributed by atoms with Crippen LogP contribution in [0.5, 0.6) is 17.2 Å². The second-order valence-corrected chi connectivity index (χ2v) is 4.69. The van der Waals surface area contributed by atoms with E-state index in [0.29, 0.717) is 12.2 Å². The summed E-state index contributed by atoms with van der Waals surface area (Å²) >= 11 is 0. The van der Waals surface area contributed by atoms with E-state index in [9.17, 15) is 15.3 Å². The predicted molar refractivity (Wildman–Crippen MR) is 69.3 cm³/mol. The lowest BCUT2D eigenvalue weighted by molar-refractivity contribution is 0.0206. The first-order valence-corrected chi connectivity index (χ1v) is 6.09. The van der Waals surface area contributed by atoms with Crippen molar-refractivity contribution in [1.29, 1.82) is 0 Å². The average molecular weight is 258 g/mol. The molecule has 0 unspecified atom stereocenters. The van der Waals surface area contributed by atoms with Crippen LogP contribution in [0, 0.1) is 0 Å². The van der Waals surface area contributed by atoms with Crippen molar-refractivity contribution in [2.45, 2.75) is 18.6 Å². The summed E-state index contributed by atoms with van der Waals surface area (Å²) in [6, 6.07) is 11.4. The molecule has 4 heteroatoms. The van der Waals surface area contributed by atoms with Gasteiger partial charge in [0.05, 0.1) is 6.10 Å². The second-order valence-electron chi connectivity index (χ2n) is 4.69. The van der Waals surface area contributed by atoms with Gasteiger partial charge in [0.25, 0.3) is 0 Å². The fourth-order valence-corrected chi connectivity index (χ4v) is 2.32. The van der Waals surface area contributed by atoms with Crippen LogP contribution < -0.4 is 4.74 Å². The van der Waals surface area contributed by atoms with E-state index in [4.69, 9.17) is 4.74 Å². The van der Waals surface area contributed by atoms with E-state index in [2.05, 4.69) is 0 Å². The number of fused-ring (bicyclic) bond motifs is 1. The molecule has 0 aromatic heterocycles. The molecule has 0 saturated carbocycles. The van der Waals surface area contributed by atoms with Crippen LogP contribution in [0.2, 0.25) is 0 Å². The van der Waals surface area contributed by atoms with E-state index in [-0.39, 0.29) is 11.5 Å². The summed E-state index contributed by atoms with van der Waals surface area (Å²) < 4.78 is 5.76. The van der Waals surface area contributed by atoms with E-state index in [1.165, 1.54) is 0 Å². The molecule has 1 aliphatic rings. The Hall–Kier alpha value is -2.20. The Balaban J connectivity index is 1.94. The molecule has 4 nitrogen and oxygen atoms in total. The molecule has 98 valence electrons. The highest BCUT2D eigenvalue weighted by Crippen LogP contribution is 2.37. The lowest BCUT2D eigenvalue weighted by Gasteiger charge is -2.31. The molecule has 1 aliphatic heterocycles.